The van der Waals surface area contributed by atoms with Gasteiger partial charge in [0, 0.05) is 63.4 Å². The lowest BCUT2D eigenvalue weighted by Gasteiger charge is -2.40. The molecule has 8 rings (SSSR count). The molecule has 4 fully saturated rings. The maximum atomic E-state index is 13.1. The minimum Gasteiger partial charge on any atom is -0.383 e. The van der Waals surface area contributed by atoms with Crippen molar-refractivity contribution in [3.05, 3.63) is 30.0 Å². The van der Waals surface area contributed by atoms with Gasteiger partial charge in [-0.25, -0.2) is 24.6 Å². The summed E-state index contributed by atoms with van der Waals surface area (Å²) in [5.74, 6) is 2.32. The van der Waals surface area contributed by atoms with Crippen molar-refractivity contribution >= 4 is 28.7 Å². The van der Waals surface area contributed by atoms with E-state index in [2.05, 4.69) is 40.8 Å². The Kier molecular flexibility index (Phi) is 9.43. The van der Waals surface area contributed by atoms with Crippen LogP contribution in [0.2, 0.25) is 0 Å². The Labute approximate surface area is 304 Å². The predicted molar refractivity (Wildman–Crippen MR) is 196 cm³/mol. The van der Waals surface area contributed by atoms with Crippen molar-refractivity contribution in [2.45, 2.75) is 115 Å². The van der Waals surface area contributed by atoms with Gasteiger partial charge in [0.1, 0.15) is 23.5 Å². The fraction of sp³-hybridized carbons (Fsp3) is 0.632. The highest BCUT2D eigenvalue weighted by atomic mass is 16.5. The van der Waals surface area contributed by atoms with E-state index in [1.165, 1.54) is 38.7 Å². The lowest BCUT2D eigenvalue weighted by Crippen LogP contribution is -2.48. The molecule has 4 aromatic rings. The molecule has 0 bridgehead atoms. The van der Waals surface area contributed by atoms with Crippen molar-refractivity contribution in [2.75, 3.05) is 45.0 Å². The van der Waals surface area contributed by atoms with Crippen LogP contribution < -0.4 is 5.73 Å². The summed E-state index contributed by atoms with van der Waals surface area (Å²) in [6.07, 6.45) is 15.5. The van der Waals surface area contributed by atoms with E-state index in [1.807, 2.05) is 26.9 Å². The largest absolute Gasteiger partial charge is 0.383 e. The average Bonchev–Trinajstić information content (AvgIpc) is 3.78. The number of nitrogen functional groups attached to an aromatic ring is 1. The normalized spacial score (nSPS) is 19.8. The number of piperidine rings is 3. The Balaban J connectivity index is 0.898. The molecule has 14 heteroatoms. The van der Waals surface area contributed by atoms with Gasteiger partial charge in [-0.05, 0) is 96.7 Å². The molecule has 1 aliphatic carbocycles. The fourth-order valence-corrected chi connectivity index (χ4v) is 8.35. The zero-order chi connectivity index (χ0) is 36.0. The van der Waals surface area contributed by atoms with Crippen LogP contribution in [-0.4, -0.2) is 107 Å². The van der Waals surface area contributed by atoms with Crippen LogP contribution in [0, 0.1) is 0 Å². The molecule has 0 atom stereocenters. The quantitative estimate of drug-likeness (QED) is 0.258. The summed E-state index contributed by atoms with van der Waals surface area (Å²) in [6, 6.07) is 0.606. The maximum absolute atomic E-state index is 13.1. The summed E-state index contributed by atoms with van der Waals surface area (Å²) >= 11 is 0. The maximum Gasteiger partial charge on any atom is 0.223 e. The van der Waals surface area contributed by atoms with Gasteiger partial charge in [0.15, 0.2) is 17.2 Å². The van der Waals surface area contributed by atoms with E-state index in [-0.39, 0.29) is 35.6 Å². The summed E-state index contributed by atoms with van der Waals surface area (Å²) in [5.41, 5.74) is 9.54. The van der Waals surface area contributed by atoms with Crippen LogP contribution in [0.5, 0.6) is 0 Å². The van der Waals surface area contributed by atoms with Crippen LogP contribution >= 0.6 is 0 Å². The number of amides is 2. The van der Waals surface area contributed by atoms with E-state index in [0.29, 0.717) is 59.6 Å². The van der Waals surface area contributed by atoms with Gasteiger partial charge in [-0.3, -0.25) is 9.59 Å². The fourth-order valence-electron chi connectivity index (χ4n) is 8.35. The third-order valence-electron chi connectivity index (χ3n) is 11.5. The van der Waals surface area contributed by atoms with Crippen molar-refractivity contribution in [3.8, 4) is 22.8 Å². The average molecular weight is 710 g/mol. The molecule has 14 nitrogen and oxygen atoms in total. The van der Waals surface area contributed by atoms with Crippen LogP contribution in [0.3, 0.4) is 0 Å². The minimum atomic E-state index is -0.361. The third kappa shape index (κ3) is 6.89. The van der Waals surface area contributed by atoms with Crippen molar-refractivity contribution < 1.29 is 14.1 Å². The summed E-state index contributed by atoms with van der Waals surface area (Å²) in [4.78, 5) is 51.2. The zero-order valence-corrected chi connectivity index (χ0v) is 30.8. The summed E-state index contributed by atoms with van der Waals surface area (Å²) in [5, 5.41) is 10.1. The highest BCUT2D eigenvalue weighted by Gasteiger charge is 2.37. The minimum absolute atomic E-state index is 0.0710. The Morgan fingerprint density at radius 2 is 1.42 bits per heavy atom. The number of anilines is 1. The second kappa shape index (κ2) is 14.2. The second-order valence-electron chi connectivity index (χ2n) is 16.1. The van der Waals surface area contributed by atoms with E-state index in [9.17, 15) is 9.59 Å². The number of hydrogen-bond acceptors (Lipinski definition) is 11. The molecule has 4 aromatic heterocycles. The number of hydrogen-bond donors (Lipinski definition) is 1. The monoisotopic (exact) mass is 709 g/mol. The van der Waals surface area contributed by atoms with Gasteiger partial charge in [-0.15, -0.1) is 0 Å². The standard InChI is InChI=1S/C38H51N11O3/c1-38(2,3)49-37-31(35(39)42-23-43-37)32(44-49)33-30(34(52-45-33)25-7-8-25)36-40-21-26(22-41-36)24-11-17-47(18-12-24)28(50)9-10-29(51)48-19-13-27(14-20-48)46-15-5-4-6-16-46/h21-25,27H,4-20H2,1-3H3,(H2,39,42,43). The molecule has 52 heavy (non-hydrogen) atoms. The van der Waals surface area contributed by atoms with Gasteiger partial charge in [0.05, 0.1) is 16.5 Å². The smallest absolute Gasteiger partial charge is 0.223 e. The van der Waals surface area contributed by atoms with Crippen molar-refractivity contribution in [2.24, 2.45) is 0 Å². The Hall–Kier alpha value is -4.46. The molecule has 4 aliphatic rings. The highest BCUT2D eigenvalue weighted by molar-refractivity contribution is 6.00. The number of likely N-dealkylation sites (tertiary alicyclic amines) is 3. The molecular weight excluding hydrogens is 658 g/mol. The SMILES string of the molecule is CC(C)(C)n1nc(-c2noc(C3CC3)c2-c2ncc(C3CCN(C(=O)CCC(=O)N4CCC(N5CCCCC5)CC4)CC3)cn2)c2c(N)ncnc21. The first-order chi connectivity index (χ1) is 25.2. The first-order valence-corrected chi connectivity index (χ1v) is 19.3. The highest BCUT2D eigenvalue weighted by Crippen LogP contribution is 2.48. The van der Waals surface area contributed by atoms with Crippen molar-refractivity contribution in [1.29, 1.82) is 0 Å². The number of rotatable bonds is 8. The first-order valence-electron chi connectivity index (χ1n) is 19.3. The van der Waals surface area contributed by atoms with Crippen LogP contribution in [-0.2, 0) is 15.1 Å². The lowest BCUT2D eigenvalue weighted by atomic mass is 9.91. The van der Waals surface area contributed by atoms with Gasteiger partial charge in [0.25, 0.3) is 0 Å². The number of nitrogens with zero attached hydrogens (tertiary/aromatic N) is 10. The molecule has 276 valence electrons. The van der Waals surface area contributed by atoms with Crippen LogP contribution in [0.1, 0.15) is 115 Å². The molecule has 2 amide bonds. The molecule has 2 N–H and O–H groups in total. The van der Waals surface area contributed by atoms with Crippen LogP contribution in [0.15, 0.2) is 23.2 Å². The number of nitrogens with two attached hydrogens (primary N) is 1. The van der Waals surface area contributed by atoms with Crippen molar-refractivity contribution in [3.63, 3.8) is 0 Å². The topological polar surface area (TPSA) is 165 Å². The van der Waals surface area contributed by atoms with E-state index in [4.69, 9.17) is 25.3 Å². The van der Waals surface area contributed by atoms with E-state index < -0.39 is 0 Å². The predicted octanol–water partition coefficient (Wildman–Crippen LogP) is 5.12. The molecule has 0 spiro atoms. The molecule has 0 aromatic carbocycles. The van der Waals surface area contributed by atoms with Crippen molar-refractivity contribution in [1.82, 2.24) is 49.6 Å². The van der Waals surface area contributed by atoms with Gasteiger partial charge in [-0.2, -0.15) is 5.10 Å². The van der Waals surface area contributed by atoms with Gasteiger partial charge >= 0.3 is 0 Å². The molecular formula is C38H51N11O3. The number of fused-ring (bicyclic) bond motifs is 1. The Morgan fingerprint density at radius 3 is 2.04 bits per heavy atom. The van der Waals surface area contributed by atoms with E-state index in [1.54, 1.807) is 0 Å². The molecule has 3 saturated heterocycles. The Bertz CT molecular complexity index is 1900. The third-order valence-corrected chi connectivity index (χ3v) is 11.5. The van der Waals surface area contributed by atoms with E-state index >= 15 is 0 Å². The van der Waals surface area contributed by atoms with Gasteiger partial charge in [-0.1, -0.05) is 11.6 Å². The van der Waals surface area contributed by atoms with Gasteiger partial charge in [0.2, 0.25) is 11.8 Å². The molecule has 0 radical (unpaired) electrons. The number of carbonyl (C=O) groups is 2. The molecule has 0 unspecified atom stereocenters. The van der Waals surface area contributed by atoms with Crippen LogP contribution in [0.4, 0.5) is 5.82 Å². The number of aromatic nitrogens is 7. The Morgan fingerprint density at radius 1 is 0.788 bits per heavy atom. The zero-order valence-electron chi connectivity index (χ0n) is 30.8. The summed E-state index contributed by atoms with van der Waals surface area (Å²) in [6.45, 7) is 11.5. The lowest BCUT2D eigenvalue weighted by molar-refractivity contribution is -0.138. The van der Waals surface area contributed by atoms with E-state index in [0.717, 1.165) is 68.5 Å². The summed E-state index contributed by atoms with van der Waals surface area (Å²) < 4.78 is 7.82. The van der Waals surface area contributed by atoms with Crippen LogP contribution in [0.25, 0.3) is 33.8 Å². The summed E-state index contributed by atoms with van der Waals surface area (Å²) in [7, 11) is 0. The van der Waals surface area contributed by atoms with Gasteiger partial charge < -0.3 is 25.0 Å². The second-order valence-corrected chi connectivity index (χ2v) is 16.1. The molecule has 1 saturated carbocycles. The molecule has 7 heterocycles. The first kappa shape index (κ1) is 34.6. The number of carbonyl (C=O) groups excluding carboxylic acids is 2. The molecule has 3 aliphatic heterocycles.